The van der Waals surface area contributed by atoms with E-state index in [0.29, 0.717) is 5.17 Å². The topological polar surface area (TPSA) is 38.4 Å². The molecule has 3 aromatic carbocycles. The minimum absolute atomic E-state index is 0.601. The first-order chi connectivity index (χ1) is 12.1. The summed E-state index contributed by atoms with van der Waals surface area (Å²) in [5, 5.41) is 0.601. The fourth-order valence-corrected chi connectivity index (χ4v) is 3.37. The quantitative estimate of drug-likeness (QED) is 0.475. The average Bonchev–Trinajstić information content (AvgIpc) is 2.64. The Balaban J connectivity index is 1.66. The molecule has 3 aromatic rings. The van der Waals surface area contributed by atoms with Crippen LogP contribution in [0.2, 0.25) is 0 Å². The second-order valence-corrected chi connectivity index (χ2v) is 7.04. The molecule has 0 aliphatic rings. The lowest BCUT2D eigenvalue weighted by molar-refractivity contribution is 1.32. The zero-order valence-electron chi connectivity index (χ0n) is 14.6. The van der Waals surface area contributed by atoms with E-state index in [0.717, 1.165) is 22.6 Å². The molecule has 0 unspecified atom stereocenters. The molecule has 0 aliphatic heterocycles. The molecule has 3 rings (SSSR count). The Kier molecular flexibility index (Phi) is 5.56. The summed E-state index contributed by atoms with van der Waals surface area (Å²) in [5.41, 5.74) is 13.1. The molecule has 0 aliphatic carbocycles. The van der Waals surface area contributed by atoms with Gasteiger partial charge in [0.1, 0.15) is 0 Å². The number of nitrogens with two attached hydrogens (primary N) is 1. The SMILES string of the molecule is Cc1cccc(C)c1N=C(N)SCc1ccc(-c2ccccc2)cc1. The van der Waals surface area contributed by atoms with Gasteiger partial charge in [0.05, 0.1) is 5.69 Å². The van der Waals surface area contributed by atoms with Crippen molar-refractivity contribution in [1.29, 1.82) is 0 Å². The minimum atomic E-state index is 0.601. The minimum Gasteiger partial charge on any atom is -0.378 e. The Morgan fingerprint density at radius 2 is 1.40 bits per heavy atom. The predicted octanol–water partition coefficient (Wildman–Crippen LogP) is 5.85. The third kappa shape index (κ3) is 4.52. The number of hydrogen-bond donors (Lipinski definition) is 1. The average molecular weight is 346 g/mol. The number of aliphatic imine (C=N–C) groups is 1. The summed E-state index contributed by atoms with van der Waals surface area (Å²) in [4.78, 5) is 4.60. The van der Waals surface area contributed by atoms with Crippen molar-refractivity contribution in [3.8, 4) is 11.1 Å². The highest BCUT2D eigenvalue weighted by Gasteiger charge is 2.03. The maximum absolute atomic E-state index is 6.13. The zero-order valence-corrected chi connectivity index (χ0v) is 15.4. The van der Waals surface area contributed by atoms with E-state index < -0.39 is 0 Å². The summed E-state index contributed by atoms with van der Waals surface area (Å²) in [7, 11) is 0. The highest BCUT2D eigenvalue weighted by Crippen LogP contribution is 2.25. The van der Waals surface area contributed by atoms with Gasteiger partial charge < -0.3 is 5.73 Å². The molecule has 0 saturated heterocycles. The van der Waals surface area contributed by atoms with E-state index in [1.165, 1.54) is 16.7 Å². The van der Waals surface area contributed by atoms with E-state index in [1.807, 2.05) is 12.1 Å². The van der Waals surface area contributed by atoms with E-state index in [1.54, 1.807) is 11.8 Å². The second kappa shape index (κ2) is 8.04. The predicted molar refractivity (Wildman–Crippen MR) is 110 cm³/mol. The first-order valence-corrected chi connectivity index (χ1v) is 9.29. The van der Waals surface area contributed by atoms with Crippen molar-refractivity contribution >= 4 is 22.6 Å². The van der Waals surface area contributed by atoms with Gasteiger partial charge in [-0.15, -0.1) is 0 Å². The van der Waals surface area contributed by atoms with Crippen molar-refractivity contribution < 1.29 is 0 Å². The number of amidine groups is 1. The van der Waals surface area contributed by atoms with Crippen LogP contribution in [0.4, 0.5) is 5.69 Å². The molecular weight excluding hydrogens is 324 g/mol. The van der Waals surface area contributed by atoms with Crippen LogP contribution >= 0.6 is 11.8 Å². The van der Waals surface area contributed by atoms with Gasteiger partial charge in [0.15, 0.2) is 5.17 Å². The van der Waals surface area contributed by atoms with Gasteiger partial charge in [-0.3, -0.25) is 0 Å². The standard InChI is InChI=1S/C22H22N2S/c1-16-7-6-8-17(2)21(16)24-22(23)25-15-18-11-13-20(14-12-18)19-9-4-3-5-10-19/h3-14H,15H2,1-2H3,(H2,23,24). The first kappa shape index (κ1) is 17.3. The first-order valence-electron chi connectivity index (χ1n) is 8.31. The smallest absolute Gasteiger partial charge is 0.159 e. The van der Waals surface area contributed by atoms with E-state index >= 15 is 0 Å². The van der Waals surface area contributed by atoms with Crippen LogP contribution in [0.1, 0.15) is 16.7 Å². The number of para-hydroxylation sites is 1. The number of thioether (sulfide) groups is 1. The highest BCUT2D eigenvalue weighted by atomic mass is 32.2. The van der Waals surface area contributed by atoms with Gasteiger partial charge in [-0.05, 0) is 41.7 Å². The van der Waals surface area contributed by atoms with Crippen molar-refractivity contribution in [2.24, 2.45) is 10.7 Å². The van der Waals surface area contributed by atoms with E-state index in [9.17, 15) is 0 Å². The van der Waals surface area contributed by atoms with Gasteiger partial charge in [-0.1, -0.05) is 84.6 Å². The Hall–Kier alpha value is -2.52. The molecule has 0 heterocycles. The van der Waals surface area contributed by atoms with Crippen molar-refractivity contribution in [2.45, 2.75) is 19.6 Å². The molecule has 0 radical (unpaired) electrons. The van der Waals surface area contributed by atoms with E-state index in [4.69, 9.17) is 5.73 Å². The van der Waals surface area contributed by atoms with Crippen LogP contribution < -0.4 is 5.73 Å². The summed E-state index contributed by atoms with van der Waals surface area (Å²) in [6.07, 6.45) is 0. The van der Waals surface area contributed by atoms with Crippen molar-refractivity contribution in [1.82, 2.24) is 0 Å². The molecule has 2 nitrogen and oxygen atoms in total. The van der Waals surface area contributed by atoms with Gasteiger partial charge in [0, 0.05) is 5.75 Å². The molecule has 3 heteroatoms. The third-order valence-electron chi connectivity index (χ3n) is 4.11. The number of rotatable bonds is 4. The summed E-state index contributed by atoms with van der Waals surface area (Å²) < 4.78 is 0. The van der Waals surface area contributed by atoms with Gasteiger partial charge in [0.25, 0.3) is 0 Å². The lowest BCUT2D eigenvalue weighted by Gasteiger charge is -2.07. The third-order valence-corrected chi connectivity index (χ3v) is 4.97. The normalized spacial score (nSPS) is 11.5. The maximum atomic E-state index is 6.13. The Morgan fingerprint density at radius 1 is 0.800 bits per heavy atom. The lowest BCUT2D eigenvalue weighted by Crippen LogP contribution is -2.06. The number of benzene rings is 3. The molecule has 0 saturated carbocycles. The lowest BCUT2D eigenvalue weighted by atomic mass is 10.0. The number of aryl methyl sites for hydroxylation is 2. The maximum Gasteiger partial charge on any atom is 0.159 e. The Labute approximate surface area is 153 Å². The van der Waals surface area contributed by atoms with Crippen LogP contribution in [-0.4, -0.2) is 5.17 Å². The van der Waals surface area contributed by atoms with Gasteiger partial charge in [0.2, 0.25) is 0 Å². The van der Waals surface area contributed by atoms with Crippen molar-refractivity contribution in [3.63, 3.8) is 0 Å². The number of hydrogen-bond acceptors (Lipinski definition) is 2. The fourth-order valence-electron chi connectivity index (χ4n) is 2.71. The van der Waals surface area contributed by atoms with Crippen LogP contribution in [0.15, 0.2) is 77.8 Å². The molecule has 2 N–H and O–H groups in total. The zero-order chi connectivity index (χ0) is 17.6. The summed E-state index contributed by atoms with van der Waals surface area (Å²) >= 11 is 1.57. The number of nitrogens with zero attached hydrogens (tertiary/aromatic N) is 1. The molecule has 0 fully saturated rings. The Morgan fingerprint density at radius 3 is 2.04 bits per heavy atom. The fraction of sp³-hybridized carbons (Fsp3) is 0.136. The molecule has 0 aromatic heterocycles. The van der Waals surface area contributed by atoms with Crippen molar-refractivity contribution in [2.75, 3.05) is 0 Å². The largest absolute Gasteiger partial charge is 0.378 e. The molecule has 0 amide bonds. The summed E-state index contributed by atoms with van der Waals surface area (Å²) in [6.45, 7) is 4.12. The van der Waals surface area contributed by atoms with Gasteiger partial charge in [-0.25, -0.2) is 4.99 Å². The molecule has 126 valence electrons. The monoisotopic (exact) mass is 346 g/mol. The summed E-state index contributed by atoms with van der Waals surface area (Å²) in [5.74, 6) is 0.815. The van der Waals surface area contributed by atoms with Crippen molar-refractivity contribution in [3.05, 3.63) is 89.5 Å². The highest BCUT2D eigenvalue weighted by molar-refractivity contribution is 8.13. The Bertz CT molecular complexity index is 848. The van der Waals surface area contributed by atoms with Gasteiger partial charge >= 0.3 is 0 Å². The van der Waals surface area contributed by atoms with Gasteiger partial charge in [-0.2, -0.15) is 0 Å². The van der Waals surface area contributed by atoms with Crippen LogP contribution in [0, 0.1) is 13.8 Å². The molecule has 0 spiro atoms. The molecular formula is C22H22N2S. The van der Waals surface area contributed by atoms with E-state index in [2.05, 4.69) is 79.5 Å². The van der Waals surface area contributed by atoms with Crippen LogP contribution in [0.3, 0.4) is 0 Å². The molecule has 25 heavy (non-hydrogen) atoms. The summed E-state index contributed by atoms with van der Waals surface area (Å²) in [6, 6.07) is 25.2. The molecule has 0 bridgehead atoms. The van der Waals surface area contributed by atoms with Crippen LogP contribution in [0.25, 0.3) is 11.1 Å². The van der Waals surface area contributed by atoms with E-state index in [-0.39, 0.29) is 0 Å². The second-order valence-electron chi connectivity index (χ2n) is 6.04. The van der Waals surface area contributed by atoms with Crippen LogP contribution in [-0.2, 0) is 5.75 Å². The molecule has 0 atom stereocenters. The van der Waals surface area contributed by atoms with Crippen LogP contribution in [0.5, 0.6) is 0 Å².